The molecule has 0 aromatic carbocycles. The number of phosphoric acid groups is 1. The molecule has 0 amide bonds. The second-order valence-corrected chi connectivity index (χ2v) is 4.91. The predicted octanol–water partition coefficient (Wildman–Crippen LogP) is -4.02. The van der Waals surface area contributed by atoms with E-state index in [9.17, 15) is 14.4 Å². The van der Waals surface area contributed by atoms with Gasteiger partial charge in [0.1, 0.15) is 0 Å². The summed E-state index contributed by atoms with van der Waals surface area (Å²) in [5.74, 6) is 0. The van der Waals surface area contributed by atoms with E-state index in [1.807, 2.05) is 0 Å². The van der Waals surface area contributed by atoms with E-state index >= 15 is 0 Å². The zero-order valence-electron chi connectivity index (χ0n) is 11.4. The van der Waals surface area contributed by atoms with Gasteiger partial charge in [0.15, 0.2) is 0 Å². The molecule has 0 saturated carbocycles. The number of hydrogen-bond acceptors (Lipinski definition) is 4. The molecule has 17 heavy (non-hydrogen) atoms. The van der Waals surface area contributed by atoms with Gasteiger partial charge in [-0.2, -0.15) is 0 Å². The molecule has 0 aliphatic rings. The van der Waals surface area contributed by atoms with Crippen LogP contribution in [0.2, 0.25) is 0 Å². The van der Waals surface area contributed by atoms with E-state index in [1.54, 1.807) is 0 Å². The van der Waals surface area contributed by atoms with E-state index < -0.39 is 7.82 Å². The van der Waals surface area contributed by atoms with Crippen molar-refractivity contribution in [2.24, 2.45) is 0 Å². The molecule has 0 bridgehead atoms. The molecule has 0 unspecified atom stereocenters. The van der Waals surface area contributed by atoms with Crippen LogP contribution in [0.25, 0.3) is 0 Å². The Bertz CT molecular complexity index is 187. The summed E-state index contributed by atoms with van der Waals surface area (Å²) in [5.41, 5.74) is 0. The quantitative estimate of drug-likeness (QED) is 0.226. The third-order valence-corrected chi connectivity index (χ3v) is 2.75. The van der Waals surface area contributed by atoms with Gasteiger partial charge in [-0.25, -0.2) is 0 Å². The van der Waals surface area contributed by atoms with Crippen molar-refractivity contribution in [2.45, 2.75) is 58.3 Å². The molecule has 4 nitrogen and oxygen atoms in total. The Morgan fingerprint density at radius 2 is 1.29 bits per heavy atom. The molecule has 0 fully saturated rings. The molecule has 0 radical (unpaired) electrons. The minimum Gasteiger partial charge on any atom is -0.790 e. The Morgan fingerprint density at radius 3 is 1.71 bits per heavy atom. The van der Waals surface area contributed by atoms with E-state index in [-0.39, 0.29) is 144 Å². The minimum atomic E-state index is -4.74. The van der Waals surface area contributed by atoms with Crippen LogP contribution < -0.4 is 148 Å². The van der Waals surface area contributed by atoms with Crippen molar-refractivity contribution in [2.75, 3.05) is 6.61 Å². The molecule has 0 aliphatic carbocycles. The fourth-order valence-corrected chi connectivity index (χ4v) is 1.77. The molecule has 92 valence electrons. The standard InChI is InChI=1S/C10H23O4P.2Cs/c1-2-3-4-5-6-7-8-9-10-14-15(11,12)13;;/h2-10H2,1H3,(H2,11,12,13);;/q;2*+1/p-2. The van der Waals surface area contributed by atoms with Crippen LogP contribution >= 0.6 is 7.82 Å². The fourth-order valence-electron chi connectivity index (χ4n) is 1.41. The van der Waals surface area contributed by atoms with Crippen LogP contribution in [-0.2, 0) is 9.09 Å². The Kier molecular flexibility index (Phi) is 28.1. The van der Waals surface area contributed by atoms with Crippen LogP contribution in [0.5, 0.6) is 0 Å². The van der Waals surface area contributed by atoms with E-state index in [1.165, 1.54) is 32.1 Å². The maximum atomic E-state index is 10.1. The summed E-state index contributed by atoms with van der Waals surface area (Å²) in [6.45, 7) is 2.22. The molecule has 0 saturated heterocycles. The van der Waals surface area contributed by atoms with Gasteiger partial charge in [-0.15, -0.1) is 0 Å². The van der Waals surface area contributed by atoms with Crippen LogP contribution in [0.15, 0.2) is 0 Å². The summed E-state index contributed by atoms with van der Waals surface area (Å²) >= 11 is 0. The van der Waals surface area contributed by atoms with Gasteiger partial charge in [0.25, 0.3) is 0 Å². The molecular formula is C10H21Cs2O4P. The maximum Gasteiger partial charge on any atom is 1.00 e. The largest absolute Gasteiger partial charge is 1.00 e. The van der Waals surface area contributed by atoms with Crippen molar-refractivity contribution in [3.05, 3.63) is 0 Å². The molecule has 0 rings (SSSR count). The zero-order chi connectivity index (χ0) is 11.6. The van der Waals surface area contributed by atoms with Crippen LogP contribution in [0, 0.1) is 0 Å². The maximum absolute atomic E-state index is 10.1. The number of hydrogen-bond donors (Lipinski definition) is 0. The van der Waals surface area contributed by atoms with Gasteiger partial charge in [0.2, 0.25) is 0 Å². The van der Waals surface area contributed by atoms with Gasteiger partial charge in [0, 0.05) is 0 Å². The van der Waals surface area contributed by atoms with Crippen molar-refractivity contribution >= 4 is 7.82 Å². The van der Waals surface area contributed by atoms with Crippen molar-refractivity contribution in [3.63, 3.8) is 0 Å². The third kappa shape index (κ3) is 25.5. The zero-order valence-corrected chi connectivity index (χ0v) is 24.9. The molecule has 0 heterocycles. The minimum absolute atomic E-state index is 0. The first kappa shape index (κ1) is 26.1. The SMILES string of the molecule is CCCCCCCCCCOP(=O)([O-])[O-].[Cs+].[Cs+]. The summed E-state index contributed by atoms with van der Waals surface area (Å²) in [6, 6.07) is 0. The first-order valence-electron chi connectivity index (χ1n) is 5.73. The van der Waals surface area contributed by atoms with Gasteiger partial charge >= 0.3 is 138 Å². The van der Waals surface area contributed by atoms with E-state index in [0.717, 1.165) is 12.8 Å². The van der Waals surface area contributed by atoms with Crippen molar-refractivity contribution in [1.82, 2.24) is 0 Å². The Labute approximate surface area is 223 Å². The smallest absolute Gasteiger partial charge is 0.790 e. The number of phosphoric ester groups is 1. The van der Waals surface area contributed by atoms with Gasteiger partial charge < -0.3 is 18.9 Å². The second-order valence-electron chi connectivity index (χ2n) is 3.76. The Morgan fingerprint density at radius 1 is 0.882 bits per heavy atom. The third-order valence-electron chi connectivity index (χ3n) is 2.25. The molecule has 0 N–H and O–H groups in total. The normalized spacial score (nSPS) is 10.5. The molecule has 0 atom stereocenters. The summed E-state index contributed by atoms with van der Waals surface area (Å²) < 4.78 is 14.2. The topological polar surface area (TPSA) is 72.4 Å². The first-order chi connectivity index (χ1) is 7.06. The van der Waals surface area contributed by atoms with E-state index in [2.05, 4.69) is 11.4 Å². The Hall–Kier alpha value is 4.21. The van der Waals surface area contributed by atoms with Crippen LogP contribution in [0.1, 0.15) is 58.3 Å². The number of rotatable bonds is 10. The number of unbranched alkanes of at least 4 members (excludes halogenated alkanes) is 7. The first-order valence-corrected chi connectivity index (χ1v) is 7.19. The summed E-state index contributed by atoms with van der Waals surface area (Å²) in [7, 11) is -4.74. The van der Waals surface area contributed by atoms with Crippen molar-refractivity contribution < 1.29 is 157 Å². The van der Waals surface area contributed by atoms with E-state index in [0.29, 0.717) is 6.42 Å². The fraction of sp³-hybridized carbons (Fsp3) is 1.00. The molecule has 0 aromatic rings. The molecule has 0 spiro atoms. The summed E-state index contributed by atoms with van der Waals surface area (Å²) in [5, 5.41) is 0. The van der Waals surface area contributed by atoms with Crippen LogP contribution in [-0.4, -0.2) is 6.61 Å². The van der Waals surface area contributed by atoms with Gasteiger partial charge in [-0.05, 0) is 6.42 Å². The monoisotopic (exact) mass is 502 g/mol. The van der Waals surface area contributed by atoms with Gasteiger partial charge in [0.05, 0.1) is 14.4 Å². The van der Waals surface area contributed by atoms with Crippen molar-refractivity contribution in [3.8, 4) is 0 Å². The van der Waals surface area contributed by atoms with Gasteiger partial charge in [-0.1, -0.05) is 51.9 Å². The Balaban J connectivity index is -0.000000980. The predicted molar refractivity (Wildman–Crippen MR) is 56.2 cm³/mol. The van der Waals surface area contributed by atoms with Crippen LogP contribution in [0.3, 0.4) is 0 Å². The van der Waals surface area contributed by atoms with Crippen molar-refractivity contribution in [1.29, 1.82) is 0 Å². The molecule has 0 aromatic heterocycles. The van der Waals surface area contributed by atoms with Gasteiger partial charge in [-0.3, -0.25) is 0 Å². The average Bonchev–Trinajstić information content (AvgIpc) is 2.14. The molecular weight excluding hydrogens is 481 g/mol. The summed E-state index contributed by atoms with van der Waals surface area (Å²) in [6.07, 6.45) is 8.93. The van der Waals surface area contributed by atoms with Crippen LogP contribution in [0.4, 0.5) is 0 Å². The average molecular weight is 502 g/mol. The molecule has 7 heteroatoms. The molecule has 0 aliphatic heterocycles. The van der Waals surface area contributed by atoms with E-state index in [4.69, 9.17) is 0 Å². The summed E-state index contributed by atoms with van der Waals surface area (Å²) in [4.78, 5) is 20.2. The second kappa shape index (κ2) is 18.3.